The number of ether oxygens (including phenoxy) is 3. The van der Waals surface area contributed by atoms with Gasteiger partial charge in [-0.1, -0.05) is 41.9 Å². The van der Waals surface area contributed by atoms with E-state index in [0.717, 1.165) is 39.4 Å². The highest BCUT2D eigenvalue weighted by atomic mass is 35.5. The molecule has 0 unspecified atom stereocenters. The zero-order valence-corrected chi connectivity index (χ0v) is 28.5. The first-order valence-electron chi connectivity index (χ1n) is 15.9. The van der Waals surface area contributed by atoms with Crippen molar-refractivity contribution in [1.29, 1.82) is 0 Å². The Kier molecular flexibility index (Phi) is 11.7. The maximum atomic E-state index is 14.3. The number of nitrogens with zero attached hydrogens (tertiary/aromatic N) is 2. The third-order valence-corrected chi connectivity index (χ3v) is 8.63. The van der Waals surface area contributed by atoms with E-state index in [1.165, 1.54) is 7.11 Å². The highest BCUT2D eigenvalue weighted by Gasteiger charge is 2.38. The molecule has 9 nitrogen and oxygen atoms in total. The molecule has 0 aliphatic heterocycles. The molecule has 2 aromatic heterocycles. The largest absolute Gasteiger partial charge is 0.496 e. The molecular weight excluding hydrogens is 661 g/mol. The van der Waals surface area contributed by atoms with Gasteiger partial charge in [0.2, 0.25) is 11.8 Å². The molecule has 13 heteroatoms. The normalized spacial score (nSPS) is 15.5. The van der Waals surface area contributed by atoms with E-state index in [1.807, 2.05) is 42.5 Å². The van der Waals surface area contributed by atoms with Crippen molar-refractivity contribution >= 4 is 11.6 Å². The summed E-state index contributed by atoms with van der Waals surface area (Å²) in [5, 5.41) is 25.6. The Morgan fingerprint density at radius 2 is 1.63 bits per heavy atom. The van der Waals surface area contributed by atoms with E-state index >= 15 is 0 Å². The van der Waals surface area contributed by atoms with Crippen LogP contribution in [0.2, 0.25) is 5.02 Å². The van der Waals surface area contributed by atoms with Crippen LogP contribution in [0.15, 0.2) is 54.7 Å². The predicted octanol–water partition coefficient (Wildman–Crippen LogP) is 6.51. The Balaban J connectivity index is 1.45. The van der Waals surface area contributed by atoms with E-state index in [-0.39, 0.29) is 24.5 Å². The lowest BCUT2D eigenvalue weighted by Crippen LogP contribution is -2.24. The van der Waals surface area contributed by atoms with Crippen molar-refractivity contribution in [1.82, 2.24) is 20.6 Å². The first-order chi connectivity index (χ1) is 23.4. The van der Waals surface area contributed by atoms with Crippen LogP contribution in [0.5, 0.6) is 17.5 Å². The molecule has 0 amide bonds. The summed E-state index contributed by atoms with van der Waals surface area (Å²) in [6.45, 7) is 4.44. The third-order valence-electron chi connectivity index (χ3n) is 8.25. The molecule has 49 heavy (non-hydrogen) atoms. The maximum Gasteiger partial charge on any atom is 0.421 e. The summed E-state index contributed by atoms with van der Waals surface area (Å²) in [4.78, 5) is 8.72. The van der Waals surface area contributed by atoms with Gasteiger partial charge < -0.3 is 35.1 Å². The van der Waals surface area contributed by atoms with Crippen LogP contribution in [0.4, 0.5) is 13.2 Å². The van der Waals surface area contributed by atoms with Crippen LogP contribution < -0.4 is 24.8 Å². The average molecular weight is 701 g/mol. The van der Waals surface area contributed by atoms with Gasteiger partial charge in [0.05, 0.1) is 37.1 Å². The lowest BCUT2D eigenvalue weighted by atomic mass is 9.95. The summed E-state index contributed by atoms with van der Waals surface area (Å²) in [5.41, 5.74) is 4.64. The average Bonchev–Trinajstić information content (AvgIpc) is 3.47. The second-order valence-electron chi connectivity index (χ2n) is 12.0. The minimum atomic E-state index is -4.73. The van der Waals surface area contributed by atoms with Crippen LogP contribution in [0.1, 0.15) is 54.2 Å². The van der Waals surface area contributed by atoms with Gasteiger partial charge in [-0.3, -0.25) is 4.98 Å². The van der Waals surface area contributed by atoms with E-state index in [4.69, 9.17) is 25.8 Å². The van der Waals surface area contributed by atoms with Crippen molar-refractivity contribution in [2.45, 2.75) is 64.3 Å². The quantitative estimate of drug-likeness (QED) is 0.117. The molecule has 0 spiro atoms. The van der Waals surface area contributed by atoms with Crippen molar-refractivity contribution < 1.29 is 37.6 Å². The number of aromatic nitrogens is 2. The van der Waals surface area contributed by atoms with Crippen LogP contribution in [-0.4, -0.2) is 59.7 Å². The van der Waals surface area contributed by atoms with Crippen LogP contribution in [0, 0.1) is 0 Å². The van der Waals surface area contributed by atoms with E-state index < -0.39 is 35.9 Å². The van der Waals surface area contributed by atoms with E-state index in [0.29, 0.717) is 42.4 Å². The molecular formula is C36H40ClF3N4O5. The molecule has 0 bridgehead atoms. The summed E-state index contributed by atoms with van der Waals surface area (Å²) < 4.78 is 59.9. The molecule has 2 aromatic carbocycles. The van der Waals surface area contributed by atoms with Crippen molar-refractivity contribution in [3.05, 3.63) is 87.6 Å². The minimum Gasteiger partial charge on any atom is -0.496 e. The first-order valence-corrected chi connectivity index (χ1v) is 16.3. The molecule has 262 valence electrons. The predicted molar refractivity (Wildman–Crippen MR) is 181 cm³/mol. The number of nitrogens with one attached hydrogen (secondary N) is 2. The smallest absolute Gasteiger partial charge is 0.421 e. The van der Waals surface area contributed by atoms with Gasteiger partial charge in [0.25, 0.3) is 0 Å². The third kappa shape index (κ3) is 8.45. The second-order valence-corrected chi connectivity index (χ2v) is 12.4. The monoisotopic (exact) mass is 700 g/mol. The Bertz CT molecular complexity index is 1770. The van der Waals surface area contributed by atoms with Gasteiger partial charge in [-0.2, -0.15) is 18.2 Å². The van der Waals surface area contributed by atoms with Crippen LogP contribution in [-0.2, 0) is 25.7 Å². The second kappa shape index (κ2) is 15.7. The van der Waals surface area contributed by atoms with Gasteiger partial charge in [0.1, 0.15) is 17.4 Å². The van der Waals surface area contributed by atoms with E-state index in [1.54, 1.807) is 27.2 Å². The number of halogens is 4. The fraction of sp³-hybridized carbons (Fsp3) is 0.389. The Morgan fingerprint density at radius 3 is 2.29 bits per heavy atom. The zero-order valence-electron chi connectivity index (χ0n) is 27.7. The molecule has 1 aliphatic carbocycles. The van der Waals surface area contributed by atoms with Gasteiger partial charge in [-0.05, 0) is 61.6 Å². The zero-order chi connectivity index (χ0) is 35.3. The topological polar surface area (TPSA) is 118 Å². The highest BCUT2D eigenvalue weighted by molar-refractivity contribution is 6.35. The molecule has 3 atom stereocenters. The number of hydrogen-bond donors (Lipinski definition) is 4. The summed E-state index contributed by atoms with van der Waals surface area (Å²) in [5.74, 6) is 0.0893. The number of aliphatic hydroxyl groups is 2. The van der Waals surface area contributed by atoms with Crippen LogP contribution in [0.3, 0.4) is 0 Å². The van der Waals surface area contributed by atoms with Gasteiger partial charge >= 0.3 is 6.18 Å². The van der Waals surface area contributed by atoms with Crippen molar-refractivity contribution in [3.8, 4) is 39.9 Å². The molecule has 0 fully saturated rings. The molecule has 1 aliphatic rings. The lowest BCUT2D eigenvalue weighted by Gasteiger charge is -2.21. The van der Waals surface area contributed by atoms with Crippen molar-refractivity contribution in [2.75, 3.05) is 27.3 Å². The summed E-state index contributed by atoms with van der Waals surface area (Å²) in [6.07, 6.45) is -3.91. The Morgan fingerprint density at radius 1 is 0.918 bits per heavy atom. The number of benzene rings is 2. The van der Waals surface area contributed by atoms with E-state index in [9.17, 15) is 23.4 Å². The number of aliphatic hydroxyl groups excluding tert-OH is 2. The van der Waals surface area contributed by atoms with Gasteiger partial charge in [0.15, 0.2) is 0 Å². The molecule has 2 heterocycles. The number of methoxy groups -OCH3 is 2. The first kappa shape index (κ1) is 36.3. The van der Waals surface area contributed by atoms with Crippen molar-refractivity contribution in [2.24, 2.45) is 0 Å². The number of fused-ring (bicyclic) bond motifs is 1. The highest BCUT2D eigenvalue weighted by Crippen LogP contribution is 2.45. The van der Waals surface area contributed by atoms with Crippen molar-refractivity contribution in [3.63, 3.8) is 0 Å². The standard InChI is InChI=1S/C36H40ClF3N4O5/c1-20(45)16-41-18-23-9-8-22(15-31(23)47-3)33-32(37)28(12-13-43-33)25-6-5-7-27-26(25)10-11-30(27)49-35-29(36(38,39)40)14-24(34(44-35)48-4)19-42-17-21(2)46/h5-9,12-15,20-21,30,41-42,45-46H,10-11,16-19H2,1-4H3/t20-,21+,30-/m0/s1. The van der Waals surface area contributed by atoms with Gasteiger partial charge in [-0.15, -0.1) is 0 Å². The lowest BCUT2D eigenvalue weighted by molar-refractivity contribution is -0.139. The summed E-state index contributed by atoms with van der Waals surface area (Å²) in [7, 11) is 2.92. The fourth-order valence-corrected chi connectivity index (χ4v) is 6.29. The molecule has 4 aromatic rings. The Labute approximate surface area is 288 Å². The maximum absolute atomic E-state index is 14.3. The molecule has 5 rings (SSSR count). The van der Waals surface area contributed by atoms with Crippen LogP contribution >= 0.6 is 11.6 Å². The SMILES string of the molecule is COc1cc(-c2nccc(-c3cccc4c3CC[C@@H]4Oc3nc(OC)c(CNC[C@@H](C)O)cc3C(F)(F)F)c2Cl)ccc1CNC[C@H](C)O. The summed E-state index contributed by atoms with van der Waals surface area (Å²) >= 11 is 7.03. The molecule has 0 radical (unpaired) electrons. The number of pyridine rings is 2. The molecule has 4 N–H and O–H groups in total. The summed E-state index contributed by atoms with van der Waals surface area (Å²) in [6, 6.07) is 14.1. The van der Waals surface area contributed by atoms with Gasteiger partial charge in [0, 0.05) is 54.6 Å². The van der Waals surface area contributed by atoms with Gasteiger partial charge in [-0.25, -0.2) is 0 Å². The fourth-order valence-electron chi connectivity index (χ4n) is 5.97. The van der Waals surface area contributed by atoms with E-state index in [2.05, 4.69) is 20.6 Å². The number of hydrogen-bond acceptors (Lipinski definition) is 9. The molecule has 0 saturated heterocycles. The Hall–Kier alpha value is -3.94. The number of alkyl halides is 3. The van der Waals surface area contributed by atoms with Crippen LogP contribution in [0.25, 0.3) is 22.4 Å². The minimum absolute atomic E-state index is 0.00449. The number of rotatable bonds is 14. The molecule has 0 saturated carbocycles.